The minimum Gasteiger partial charge on any atom is -0.481 e. The number of aliphatic carboxylic acids is 1. The quantitative estimate of drug-likeness (QED) is 0.0280. The number of carbonyl (C=O) groups excluding carboxylic acids is 3. The second-order valence-corrected chi connectivity index (χ2v) is 16.7. The van der Waals surface area contributed by atoms with E-state index < -0.39 is 18.0 Å². The number of rotatable bonds is 40. The molecule has 0 aliphatic rings. The van der Waals surface area contributed by atoms with E-state index in [-0.39, 0.29) is 38.0 Å². The number of carboxylic acids is 1. The van der Waals surface area contributed by atoms with E-state index in [9.17, 15) is 19.2 Å². The number of carbonyl (C=O) groups is 4. The van der Waals surface area contributed by atoms with Crippen LogP contribution in [0.3, 0.4) is 0 Å². The van der Waals surface area contributed by atoms with Crippen molar-refractivity contribution in [3.63, 3.8) is 0 Å². The fraction of sp³-hybridized carbons (Fsp3) is 0.902. The smallest absolute Gasteiger partial charge is 0.307 e. The predicted molar refractivity (Wildman–Crippen MR) is 214 cm³/mol. The molecule has 0 atom stereocenters. The van der Waals surface area contributed by atoms with Crippen molar-refractivity contribution in [3.8, 4) is 0 Å². The molecule has 0 aromatic rings. The maximum atomic E-state index is 12.5. The molecule has 0 saturated heterocycles. The molecule has 0 heterocycles. The molecule has 0 aliphatic carbocycles. The van der Waals surface area contributed by atoms with Crippen molar-refractivity contribution in [2.45, 2.75) is 213 Å². The number of carboxylic acid groups (broad SMARTS) is 1. The summed E-state index contributed by atoms with van der Waals surface area (Å²) in [5.41, 5.74) is 0. The SMILES string of the molecule is CCCCCCCCCCCCCCCC(=O)OCC(COC(=O)CCCCCCCCCCCCCCC)OC(=O)CCSSCCC(=O)O. The normalized spacial score (nSPS) is 11.2. The summed E-state index contributed by atoms with van der Waals surface area (Å²) in [6.07, 6.45) is 32.1. The van der Waals surface area contributed by atoms with Gasteiger partial charge >= 0.3 is 23.9 Å². The van der Waals surface area contributed by atoms with E-state index in [1.54, 1.807) is 0 Å². The molecule has 10 heteroatoms. The number of hydrogen-bond acceptors (Lipinski definition) is 9. The van der Waals surface area contributed by atoms with Gasteiger partial charge in [-0.15, -0.1) is 0 Å². The van der Waals surface area contributed by atoms with E-state index in [1.165, 1.54) is 150 Å². The van der Waals surface area contributed by atoms with Gasteiger partial charge in [0.1, 0.15) is 13.2 Å². The highest BCUT2D eigenvalue weighted by molar-refractivity contribution is 8.76. The zero-order valence-corrected chi connectivity index (χ0v) is 34.4. The molecule has 1 N–H and O–H groups in total. The average Bonchev–Trinajstić information content (AvgIpc) is 3.11. The Bertz CT molecular complexity index is 779. The maximum Gasteiger partial charge on any atom is 0.307 e. The Hall–Kier alpha value is -1.42. The van der Waals surface area contributed by atoms with Gasteiger partial charge in [0.15, 0.2) is 6.10 Å². The summed E-state index contributed by atoms with van der Waals surface area (Å²) in [6.45, 7) is 4.21. The topological polar surface area (TPSA) is 116 Å². The molecule has 0 spiro atoms. The number of hydrogen-bond donors (Lipinski definition) is 1. The summed E-state index contributed by atoms with van der Waals surface area (Å²) in [6, 6.07) is 0. The Labute approximate surface area is 320 Å². The fourth-order valence-electron chi connectivity index (χ4n) is 5.82. The molecular weight excluding hydrogens is 685 g/mol. The number of unbranched alkanes of at least 4 members (excludes halogenated alkanes) is 24. The first-order valence-electron chi connectivity index (χ1n) is 20.9. The third kappa shape index (κ3) is 39.6. The van der Waals surface area contributed by atoms with Crippen molar-refractivity contribution in [3.05, 3.63) is 0 Å². The van der Waals surface area contributed by atoms with E-state index >= 15 is 0 Å². The monoisotopic (exact) mass is 760 g/mol. The molecule has 0 aromatic carbocycles. The highest BCUT2D eigenvalue weighted by atomic mass is 33.1. The van der Waals surface area contributed by atoms with Gasteiger partial charge < -0.3 is 19.3 Å². The molecule has 300 valence electrons. The van der Waals surface area contributed by atoms with Crippen molar-refractivity contribution in [2.75, 3.05) is 24.7 Å². The van der Waals surface area contributed by atoms with E-state index in [4.69, 9.17) is 19.3 Å². The highest BCUT2D eigenvalue weighted by Gasteiger charge is 2.19. The molecule has 0 aromatic heterocycles. The Balaban J connectivity index is 4.25. The van der Waals surface area contributed by atoms with Gasteiger partial charge in [-0.1, -0.05) is 190 Å². The minimum absolute atomic E-state index is 0.0690. The zero-order chi connectivity index (χ0) is 37.5. The number of ether oxygens (including phenoxy) is 3. The van der Waals surface area contributed by atoms with Crippen molar-refractivity contribution in [2.24, 2.45) is 0 Å². The maximum absolute atomic E-state index is 12.5. The summed E-state index contributed by atoms with van der Waals surface area (Å²) in [7, 11) is 2.81. The molecule has 0 fully saturated rings. The van der Waals surface area contributed by atoms with Crippen LogP contribution in [0, 0.1) is 0 Å². The van der Waals surface area contributed by atoms with Crippen molar-refractivity contribution in [1.29, 1.82) is 0 Å². The van der Waals surface area contributed by atoms with Gasteiger partial charge in [0, 0.05) is 24.3 Å². The Morgan fingerprint density at radius 3 is 1.08 bits per heavy atom. The van der Waals surface area contributed by atoms with E-state index in [0.717, 1.165) is 38.5 Å². The predicted octanol–water partition coefficient (Wildman–Crippen LogP) is 12.2. The minimum atomic E-state index is -0.853. The van der Waals surface area contributed by atoms with Gasteiger partial charge in [-0.05, 0) is 12.8 Å². The molecule has 0 amide bonds. The third-order valence-electron chi connectivity index (χ3n) is 9.00. The summed E-state index contributed by atoms with van der Waals surface area (Å²) in [5.74, 6) is -1.05. The lowest BCUT2D eigenvalue weighted by atomic mass is 10.0. The lowest BCUT2D eigenvalue weighted by Crippen LogP contribution is -2.31. The molecular formula is C41H76O8S2. The first-order chi connectivity index (χ1) is 24.9. The molecule has 0 unspecified atom stereocenters. The lowest BCUT2D eigenvalue weighted by Gasteiger charge is -2.18. The van der Waals surface area contributed by atoms with Crippen molar-refractivity contribution < 1.29 is 38.5 Å². The van der Waals surface area contributed by atoms with E-state index in [1.807, 2.05) is 0 Å². The van der Waals surface area contributed by atoms with Gasteiger partial charge in [-0.2, -0.15) is 0 Å². The molecule has 0 rings (SSSR count). The van der Waals surface area contributed by atoms with Gasteiger partial charge in [0.25, 0.3) is 0 Å². The van der Waals surface area contributed by atoms with Gasteiger partial charge in [0.2, 0.25) is 0 Å². The van der Waals surface area contributed by atoms with Gasteiger partial charge in [0.05, 0.1) is 12.8 Å². The largest absolute Gasteiger partial charge is 0.481 e. The molecule has 0 aliphatic heterocycles. The van der Waals surface area contributed by atoms with Crippen molar-refractivity contribution >= 4 is 45.5 Å². The van der Waals surface area contributed by atoms with Crippen LogP contribution in [0.15, 0.2) is 0 Å². The fourth-order valence-corrected chi connectivity index (χ4v) is 7.77. The third-order valence-corrected chi connectivity index (χ3v) is 11.4. The molecule has 0 saturated carbocycles. The second-order valence-electron chi connectivity index (χ2n) is 14.0. The molecule has 0 radical (unpaired) electrons. The summed E-state index contributed by atoms with van der Waals surface area (Å²) < 4.78 is 16.4. The summed E-state index contributed by atoms with van der Waals surface area (Å²) in [4.78, 5) is 48.0. The molecule has 0 bridgehead atoms. The van der Waals surface area contributed by atoms with Gasteiger partial charge in [-0.3, -0.25) is 19.2 Å². The molecule has 51 heavy (non-hydrogen) atoms. The van der Waals surface area contributed by atoms with E-state index in [2.05, 4.69) is 13.8 Å². The first-order valence-corrected chi connectivity index (χ1v) is 23.3. The van der Waals surface area contributed by atoms with Crippen LogP contribution < -0.4 is 0 Å². The van der Waals surface area contributed by atoms with Crippen LogP contribution in [-0.4, -0.2) is 59.8 Å². The summed E-state index contributed by atoms with van der Waals surface area (Å²) in [5, 5.41) is 8.75. The Morgan fingerprint density at radius 1 is 0.431 bits per heavy atom. The Kier molecular flexibility index (Phi) is 38.7. The van der Waals surface area contributed by atoms with Crippen LogP contribution in [0.25, 0.3) is 0 Å². The summed E-state index contributed by atoms with van der Waals surface area (Å²) >= 11 is 0. The lowest BCUT2D eigenvalue weighted by molar-refractivity contribution is -0.166. The van der Waals surface area contributed by atoms with Crippen LogP contribution in [-0.2, 0) is 33.4 Å². The van der Waals surface area contributed by atoms with Crippen LogP contribution in [0.5, 0.6) is 0 Å². The van der Waals surface area contributed by atoms with Crippen LogP contribution in [0.2, 0.25) is 0 Å². The van der Waals surface area contributed by atoms with Crippen molar-refractivity contribution in [1.82, 2.24) is 0 Å². The van der Waals surface area contributed by atoms with Gasteiger partial charge in [-0.25, -0.2) is 0 Å². The van der Waals surface area contributed by atoms with E-state index in [0.29, 0.717) is 24.3 Å². The second kappa shape index (κ2) is 39.8. The number of esters is 3. The average molecular weight is 761 g/mol. The first kappa shape index (κ1) is 49.6. The standard InChI is InChI=1S/C41H76O8S2/c1-3-5-7-9-11-13-15-17-19-21-23-25-27-29-39(44)47-35-37(49-41(46)32-34-51-50-33-31-38(42)43)36-48-40(45)30-28-26-24-22-20-18-16-14-12-10-8-6-4-2/h37H,3-36H2,1-2H3,(H,42,43). The molecule has 8 nitrogen and oxygen atoms in total. The van der Waals surface area contributed by atoms with Crippen LogP contribution >= 0.6 is 21.6 Å². The van der Waals surface area contributed by atoms with Crippen LogP contribution in [0.1, 0.15) is 206 Å². The Morgan fingerprint density at radius 2 is 0.745 bits per heavy atom. The highest BCUT2D eigenvalue weighted by Crippen LogP contribution is 2.23. The zero-order valence-electron chi connectivity index (χ0n) is 32.7. The van der Waals surface area contributed by atoms with Crippen LogP contribution in [0.4, 0.5) is 0 Å².